The lowest BCUT2D eigenvalue weighted by molar-refractivity contribution is -0.0994. The number of aromatic nitrogens is 2. The molecule has 0 radical (unpaired) electrons. The van der Waals surface area contributed by atoms with E-state index in [0.29, 0.717) is 0 Å². The van der Waals surface area contributed by atoms with Crippen LogP contribution >= 0.6 is 0 Å². The minimum Gasteiger partial charge on any atom is -0.365 e. The maximum absolute atomic E-state index is 5.97. The van der Waals surface area contributed by atoms with E-state index < -0.39 is 0 Å². The zero-order chi connectivity index (χ0) is 9.43. The summed E-state index contributed by atoms with van der Waals surface area (Å²) in [7, 11) is 0. The van der Waals surface area contributed by atoms with Gasteiger partial charge in [-0.15, -0.1) is 0 Å². The molecule has 2 aliphatic heterocycles. The standard InChI is InChI=1S/C10H15N3O/c1-3-11-4-2-10(1)9-12-5-6-13(9)7-8-14-10/h5-6,11H,1-4,7-8H2. The van der Waals surface area contributed by atoms with Crippen molar-refractivity contribution in [3.05, 3.63) is 18.2 Å². The molecular formula is C10H15N3O. The van der Waals surface area contributed by atoms with E-state index in [2.05, 4.69) is 21.1 Å². The molecule has 1 N–H and O–H groups in total. The normalized spacial score (nSPS) is 24.9. The maximum atomic E-state index is 5.97. The van der Waals surface area contributed by atoms with Gasteiger partial charge in [0.25, 0.3) is 0 Å². The van der Waals surface area contributed by atoms with Crippen LogP contribution in [-0.4, -0.2) is 29.2 Å². The number of rotatable bonds is 0. The molecule has 1 spiro atoms. The number of nitrogens with zero attached hydrogens (tertiary/aromatic N) is 2. The van der Waals surface area contributed by atoms with Crippen molar-refractivity contribution in [3.63, 3.8) is 0 Å². The lowest BCUT2D eigenvalue weighted by Gasteiger charge is -2.40. The third-order valence-corrected chi connectivity index (χ3v) is 3.24. The average Bonchev–Trinajstić information content (AvgIpc) is 2.69. The molecule has 4 heteroatoms. The number of hydrogen-bond acceptors (Lipinski definition) is 3. The van der Waals surface area contributed by atoms with Crippen LogP contribution in [0.25, 0.3) is 0 Å². The van der Waals surface area contributed by atoms with Crippen LogP contribution in [0.15, 0.2) is 12.4 Å². The molecule has 0 bridgehead atoms. The quantitative estimate of drug-likeness (QED) is 0.652. The number of ether oxygens (including phenoxy) is 1. The third-order valence-electron chi connectivity index (χ3n) is 3.24. The van der Waals surface area contributed by atoms with Gasteiger partial charge in [-0.1, -0.05) is 0 Å². The summed E-state index contributed by atoms with van der Waals surface area (Å²) in [4.78, 5) is 4.44. The molecule has 1 saturated heterocycles. The molecule has 0 saturated carbocycles. The molecule has 14 heavy (non-hydrogen) atoms. The fourth-order valence-electron chi connectivity index (χ4n) is 2.49. The van der Waals surface area contributed by atoms with Gasteiger partial charge >= 0.3 is 0 Å². The fourth-order valence-corrected chi connectivity index (χ4v) is 2.49. The van der Waals surface area contributed by atoms with Crippen molar-refractivity contribution < 1.29 is 4.74 Å². The first-order chi connectivity index (χ1) is 6.91. The second-order valence-electron chi connectivity index (χ2n) is 4.04. The predicted octanol–water partition coefficient (Wildman–Crippen LogP) is 0.492. The van der Waals surface area contributed by atoms with Crippen LogP contribution in [0, 0.1) is 0 Å². The lowest BCUT2D eigenvalue weighted by Crippen LogP contribution is -2.46. The van der Waals surface area contributed by atoms with Crippen LogP contribution in [0.2, 0.25) is 0 Å². The van der Waals surface area contributed by atoms with Gasteiger partial charge in [0.05, 0.1) is 6.61 Å². The van der Waals surface area contributed by atoms with Gasteiger partial charge in [-0.2, -0.15) is 0 Å². The van der Waals surface area contributed by atoms with Gasteiger partial charge in [-0.25, -0.2) is 4.98 Å². The molecule has 0 atom stereocenters. The SMILES string of the molecule is c1cn2c(n1)C1(CCNCC1)OCC2. The first-order valence-corrected chi connectivity index (χ1v) is 5.27. The lowest BCUT2D eigenvalue weighted by atomic mass is 9.90. The summed E-state index contributed by atoms with van der Waals surface area (Å²) in [5, 5.41) is 3.36. The van der Waals surface area contributed by atoms with E-state index in [0.717, 1.165) is 44.9 Å². The maximum Gasteiger partial charge on any atom is 0.141 e. The van der Waals surface area contributed by atoms with Crippen molar-refractivity contribution in [1.29, 1.82) is 0 Å². The zero-order valence-electron chi connectivity index (χ0n) is 8.20. The van der Waals surface area contributed by atoms with E-state index in [1.165, 1.54) is 0 Å². The Morgan fingerprint density at radius 1 is 1.43 bits per heavy atom. The Labute approximate surface area is 83.3 Å². The Morgan fingerprint density at radius 2 is 2.29 bits per heavy atom. The summed E-state index contributed by atoms with van der Waals surface area (Å²) in [5.41, 5.74) is -0.0903. The van der Waals surface area contributed by atoms with Crippen molar-refractivity contribution in [3.8, 4) is 0 Å². The van der Waals surface area contributed by atoms with E-state index in [1.54, 1.807) is 0 Å². The van der Waals surface area contributed by atoms with Gasteiger partial charge in [0, 0.05) is 18.9 Å². The van der Waals surface area contributed by atoms with Crippen molar-refractivity contribution >= 4 is 0 Å². The molecule has 1 fully saturated rings. The highest BCUT2D eigenvalue weighted by Crippen LogP contribution is 2.35. The highest BCUT2D eigenvalue weighted by molar-refractivity contribution is 5.09. The smallest absolute Gasteiger partial charge is 0.141 e. The number of piperidine rings is 1. The van der Waals surface area contributed by atoms with E-state index in [1.807, 2.05) is 6.20 Å². The molecular weight excluding hydrogens is 178 g/mol. The average molecular weight is 193 g/mol. The summed E-state index contributed by atoms with van der Waals surface area (Å²) in [6.45, 7) is 3.84. The predicted molar refractivity (Wildman–Crippen MR) is 52.0 cm³/mol. The second-order valence-corrected chi connectivity index (χ2v) is 4.04. The van der Waals surface area contributed by atoms with E-state index in [4.69, 9.17) is 4.74 Å². The molecule has 76 valence electrons. The molecule has 2 aliphatic rings. The van der Waals surface area contributed by atoms with Crippen molar-refractivity contribution in [2.75, 3.05) is 19.7 Å². The van der Waals surface area contributed by atoms with Crippen LogP contribution in [0.4, 0.5) is 0 Å². The Morgan fingerprint density at radius 3 is 3.14 bits per heavy atom. The molecule has 3 rings (SSSR count). The van der Waals surface area contributed by atoms with Crippen LogP contribution in [0.5, 0.6) is 0 Å². The van der Waals surface area contributed by atoms with Gasteiger partial charge in [-0.05, 0) is 25.9 Å². The molecule has 0 aliphatic carbocycles. The van der Waals surface area contributed by atoms with Crippen LogP contribution in [0.3, 0.4) is 0 Å². The van der Waals surface area contributed by atoms with E-state index in [9.17, 15) is 0 Å². The summed E-state index contributed by atoms with van der Waals surface area (Å²) in [5.74, 6) is 1.13. The number of fused-ring (bicyclic) bond motifs is 2. The van der Waals surface area contributed by atoms with Crippen LogP contribution in [0.1, 0.15) is 18.7 Å². The highest BCUT2D eigenvalue weighted by Gasteiger charge is 2.40. The molecule has 0 unspecified atom stereocenters. The van der Waals surface area contributed by atoms with Gasteiger partial charge < -0.3 is 14.6 Å². The van der Waals surface area contributed by atoms with Gasteiger partial charge in [0.2, 0.25) is 0 Å². The first-order valence-electron chi connectivity index (χ1n) is 5.27. The molecule has 3 heterocycles. The van der Waals surface area contributed by atoms with Crippen LogP contribution in [-0.2, 0) is 16.9 Å². The minimum absolute atomic E-state index is 0.0903. The minimum atomic E-state index is -0.0903. The second kappa shape index (κ2) is 3.07. The monoisotopic (exact) mass is 193 g/mol. The van der Waals surface area contributed by atoms with E-state index in [-0.39, 0.29) is 5.60 Å². The number of hydrogen-bond donors (Lipinski definition) is 1. The number of nitrogens with one attached hydrogen (secondary N) is 1. The molecule has 0 aromatic carbocycles. The fraction of sp³-hybridized carbons (Fsp3) is 0.700. The van der Waals surface area contributed by atoms with Crippen molar-refractivity contribution in [2.24, 2.45) is 0 Å². The van der Waals surface area contributed by atoms with Gasteiger partial charge in [0.1, 0.15) is 11.4 Å². The van der Waals surface area contributed by atoms with E-state index >= 15 is 0 Å². The summed E-state index contributed by atoms with van der Waals surface area (Å²) in [6, 6.07) is 0. The highest BCUT2D eigenvalue weighted by atomic mass is 16.5. The summed E-state index contributed by atoms with van der Waals surface area (Å²) >= 11 is 0. The molecule has 1 aromatic heterocycles. The molecule has 4 nitrogen and oxygen atoms in total. The summed E-state index contributed by atoms with van der Waals surface area (Å²) in [6.07, 6.45) is 6.03. The van der Waals surface area contributed by atoms with Crippen molar-refractivity contribution in [1.82, 2.24) is 14.9 Å². The van der Waals surface area contributed by atoms with Gasteiger partial charge in [-0.3, -0.25) is 0 Å². The largest absolute Gasteiger partial charge is 0.365 e. The summed E-state index contributed by atoms with van der Waals surface area (Å²) < 4.78 is 8.20. The topological polar surface area (TPSA) is 39.1 Å². The Bertz CT molecular complexity index is 328. The number of imidazole rings is 1. The Balaban J connectivity index is 2.01. The Kier molecular flexibility index (Phi) is 1.85. The third kappa shape index (κ3) is 1.11. The molecule has 0 amide bonds. The molecule has 1 aromatic rings. The van der Waals surface area contributed by atoms with Crippen LogP contribution < -0.4 is 5.32 Å². The first kappa shape index (κ1) is 8.44. The zero-order valence-corrected chi connectivity index (χ0v) is 8.20. The Hall–Kier alpha value is -0.870. The van der Waals surface area contributed by atoms with Crippen molar-refractivity contribution in [2.45, 2.75) is 25.0 Å². The van der Waals surface area contributed by atoms with Gasteiger partial charge in [0.15, 0.2) is 0 Å².